The van der Waals surface area contributed by atoms with Crippen molar-refractivity contribution < 1.29 is 19.1 Å². The highest BCUT2D eigenvalue weighted by atomic mass is 16.5. The zero-order valence-electron chi connectivity index (χ0n) is 21.2. The van der Waals surface area contributed by atoms with Crippen LogP contribution in [-0.4, -0.2) is 42.8 Å². The number of ether oxygens (including phenoxy) is 1. The first-order valence-corrected chi connectivity index (χ1v) is 13.2. The Morgan fingerprint density at radius 2 is 1.84 bits per heavy atom. The lowest BCUT2D eigenvalue weighted by atomic mass is 9.97. The van der Waals surface area contributed by atoms with E-state index in [9.17, 15) is 14.4 Å². The molecule has 2 aliphatic heterocycles. The molecule has 8 nitrogen and oxygen atoms in total. The molecule has 194 valence electrons. The summed E-state index contributed by atoms with van der Waals surface area (Å²) in [6, 6.07) is 15.2. The van der Waals surface area contributed by atoms with Crippen molar-refractivity contribution in [3.63, 3.8) is 0 Å². The molecule has 2 fully saturated rings. The summed E-state index contributed by atoms with van der Waals surface area (Å²) < 4.78 is 5.82. The second-order valence-electron chi connectivity index (χ2n) is 10.5. The summed E-state index contributed by atoms with van der Waals surface area (Å²) in [6.07, 6.45) is 4.51. The number of para-hydroxylation sites is 1. The molecule has 2 atom stereocenters. The number of amides is 3. The molecule has 0 saturated heterocycles. The van der Waals surface area contributed by atoms with Gasteiger partial charge in [0.1, 0.15) is 12.4 Å². The maximum atomic E-state index is 13.6. The minimum Gasteiger partial charge on any atom is -0.490 e. The van der Waals surface area contributed by atoms with E-state index >= 15 is 0 Å². The third-order valence-electron chi connectivity index (χ3n) is 7.18. The minimum absolute atomic E-state index is 0.0412. The Morgan fingerprint density at radius 3 is 2.49 bits per heavy atom. The van der Waals surface area contributed by atoms with Crippen LogP contribution in [0.2, 0.25) is 0 Å². The van der Waals surface area contributed by atoms with Gasteiger partial charge in [0.15, 0.2) is 0 Å². The van der Waals surface area contributed by atoms with Gasteiger partial charge >= 0.3 is 0 Å². The van der Waals surface area contributed by atoms with Gasteiger partial charge in [-0.05, 0) is 24.3 Å². The monoisotopic (exact) mass is 502 g/mol. The van der Waals surface area contributed by atoms with E-state index in [1.54, 1.807) is 4.90 Å². The van der Waals surface area contributed by atoms with Crippen LogP contribution in [0.1, 0.15) is 56.6 Å². The maximum Gasteiger partial charge on any atom is 0.272 e. The molecule has 6 rings (SSSR count). The molecule has 2 heterocycles. The van der Waals surface area contributed by atoms with E-state index in [2.05, 4.69) is 12.2 Å². The van der Waals surface area contributed by atoms with Crippen LogP contribution in [0.15, 0.2) is 53.5 Å². The van der Waals surface area contributed by atoms with Gasteiger partial charge in [-0.25, -0.2) is 4.99 Å². The van der Waals surface area contributed by atoms with Crippen LogP contribution in [0.4, 0.5) is 5.69 Å². The van der Waals surface area contributed by atoms with Gasteiger partial charge in [0, 0.05) is 23.5 Å². The Kier molecular flexibility index (Phi) is 7.26. The Labute approximate surface area is 217 Å². The molecular formula is C29H34N4O4. The van der Waals surface area contributed by atoms with Gasteiger partial charge in [0.25, 0.3) is 5.91 Å². The maximum absolute atomic E-state index is 13.6. The summed E-state index contributed by atoms with van der Waals surface area (Å²) in [5, 5.41) is 2.82. The average Bonchev–Trinajstić information content (AvgIpc) is 3.83. The molecule has 2 aromatic rings. The molecular weight excluding hydrogens is 468 g/mol. The number of rotatable bonds is 7. The largest absolute Gasteiger partial charge is 0.490 e. The number of anilines is 1. The van der Waals surface area contributed by atoms with Crippen molar-refractivity contribution in [1.29, 1.82) is 0 Å². The molecule has 2 saturated carbocycles. The molecule has 0 spiro atoms. The molecule has 3 N–H and O–H groups in total. The zero-order chi connectivity index (χ0) is 25.9. The van der Waals surface area contributed by atoms with Crippen molar-refractivity contribution in [2.24, 2.45) is 28.5 Å². The van der Waals surface area contributed by atoms with Crippen molar-refractivity contribution in [2.45, 2.75) is 51.6 Å². The third-order valence-corrected chi connectivity index (χ3v) is 7.18. The number of nitrogens with two attached hydrogens (primary N) is 1. The van der Waals surface area contributed by atoms with Crippen molar-refractivity contribution in [2.75, 3.05) is 18.1 Å². The molecule has 0 radical (unpaired) electrons. The second kappa shape index (κ2) is 10.7. The van der Waals surface area contributed by atoms with E-state index in [1.807, 2.05) is 48.5 Å². The number of nitrogens with zero attached hydrogens (tertiary/aromatic N) is 2. The predicted molar refractivity (Wildman–Crippen MR) is 141 cm³/mol. The summed E-state index contributed by atoms with van der Waals surface area (Å²) in [6.45, 7) is 3.00. The van der Waals surface area contributed by atoms with Gasteiger partial charge in [0.2, 0.25) is 18.0 Å². The first-order chi connectivity index (χ1) is 17.9. The molecule has 0 aromatic heterocycles. The summed E-state index contributed by atoms with van der Waals surface area (Å²) in [5.41, 5.74) is 8.28. The molecule has 0 bridgehead atoms. The van der Waals surface area contributed by atoms with E-state index in [4.69, 9.17) is 15.5 Å². The molecule has 2 aliphatic carbocycles. The van der Waals surface area contributed by atoms with Gasteiger partial charge < -0.3 is 20.7 Å². The first kappa shape index (κ1) is 25.0. The van der Waals surface area contributed by atoms with E-state index < -0.39 is 18.0 Å². The van der Waals surface area contributed by atoms with Crippen molar-refractivity contribution in [3.05, 3.63) is 59.7 Å². The Bertz CT molecular complexity index is 1200. The quantitative estimate of drug-likeness (QED) is 0.604. The Hall–Kier alpha value is -3.68. The van der Waals surface area contributed by atoms with E-state index in [-0.39, 0.29) is 18.2 Å². The average molecular weight is 503 g/mol. The highest BCUT2D eigenvalue weighted by Crippen LogP contribution is 2.39. The van der Waals surface area contributed by atoms with Crippen LogP contribution in [-0.2, 0) is 14.4 Å². The van der Waals surface area contributed by atoms with E-state index in [1.165, 1.54) is 12.8 Å². The standard InChI is InChI=1S/C25H26N4O4.C4H8/c26-20(30)14-17(13-15-9-10-15)24(31)28-23-25(32)29-11-12-33-19-8-4-7-18(22(19)29)21(27-23)16-5-2-1-3-6-16;1-4-2-3-4/h1-8,15,17,23H,9-14H2,(H2,26,30)(H,28,31);4H,2-3H2,1H3. The lowest BCUT2D eigenvalue weighted by molar-refractivity contribution is -0.132. The number of carbonyl (C=O) groups is 3. The van der Waals surface area contributed by atoms with Crippen LogP contribution < -0.4 is 20.7 Å². The van der Waals surface area contributed by atoms with Crippen LogP contribution in [0, 0.1) is 17.8 Å². The zero-order valence-corrected chi connectivity index (χ0v) is 21.2. The summed E-state index contributed by atoms with van der Waals surface area (Å²) in [5.74, 6) is 0.346. The number of hydrogen-bond acceptors (Lipinski definition) is 5. The van der Waals surface area contributed by atoms with Gasteiger partial charge in [-0.1, -0.05) is 75.1 Å². The number of aliphatic imine (C=N–C) groups is 1. The van der Waals surface area contributed by atoms with Gasteiger partial charge in [-0.3, -0.25) is 14.4 Å². The molecule has 4 aliphatic rings. The number of primary amides is 1. The minimum atomic E-state index is -1.11. The summed E-state index contributed by atoms with van der Waals surface area (Å²) in [7, 11) is 0. The highest BCUT2D eigenvalue weighted by Gasteiger charge is 2.38. The molecule has 8 heteroatoms. The second-order valence-corrected chi connectivity index (χ2v) is 10.5. The van der Waals surface area contributed by atoms with Crippen LogP contribution in [0.25, 0.3) is 0 Å². The lowest BCUT2D eigenvalue weighted by Gasteiger charge is -2.31. The number of hydrogen-bond donors (Lipinski definition) is 2. The van der Waals surface area contributed by atoms with Crippen molar-refractivity contribution in [1.82, 2.24) is 5.32 Å². The number of carbonyl (C=O) groups excluding carboxylic acids is 3. The van der Waals surface area contributed by atoms with Gasteiger partial charge in [-0.15, -0.1) is 0 Å². The lowest BCUT2D eigenvalue weighted by Crippen LogP contribution is -2.51. The normalized spacial score (nSPS) is 20.8. The molecule has 2 aromatic carbocycles. The Balaban J connectivity index is 0.000000640. The molecule has 3 amide bonds. The van der Waals surface area contributed by atoms with E-state index in [0.717, 1.165) is 29.9 Å². The van der Waals surface area contributed by atoms with Crippen molar-refractivity contribution in [3.8, 4) is 5.75 Å². The number of nitrogens with one attached hydrogen (secondary N) is 1. The fraction of sp³-hybridized carbons (Fsp3) is 0.448. The van der Waals surface area contributed by atoms with Crippen LogP contribution in [0.3, 0.4) is 0 Å². The van der Waals surface area contributed by atoms with E-state index in [0.29, 0.717) is 42.6 Å². The highest BCUT2D eigenvalue weighted by molar-refractivity contribution is 6.21. The molecule has 2 unspecified atom stereocenters. The fourth-order valence-corrected chi connectivity index (χ4v) is 4.71. The number of benzene rings is 2. The van der Waals surface area contributed by atoms with Gasteiger partial charge in [0.05, 0.1) is 17.9 Å². The summed E-state index contributed by atoms with van der Waals surface area (Å²) in [4.78, 5) is 44.7. The first-order valence-electron chi connectivity index (χ1n) is 13.2. The predicted octanol–water partition coefficient (Wildman–Crippen LogP) is 3.41. The SMILES string of the molecule is CC1CC1.NC(=O)CC(CC1CC1)C(=O)NC1N=C(c2ccccc2)c2cccc3c2N(CCO3)C1=O. The Morgan fingerprint density at radius 1 is 1.11 bits per heavy atom. The summed E-state index contributed by atoms with van der Waals surface area (Å²) >= 11 is 0. The van der Waals surface area contributed by atoms with Crippen LogP contribution in [0.5, 0.6) is 5.75 Å². The topological polar surface area (TPSA) is 114 Å². The third kappa shape index (κ3) is 6.01. The smallest absolute Gasteiger partial charge is 0.272 e. The fourth-order valence-electron chi connectivity index (χ4n) is 4.71. The van der Waals surface area contributed by atoms with Crippen LogP contribution >= 0.6 is 0 Å². The molecule has 37 heavy (non-hydrogen) atoms. The van der Waals surface area contributed by atoms with Crippen molar-refractivity contribution >= 4 is 29.1 Å². The van der Waals surface area contributed by atoms with Gasteiger partial charge in [-0.2, -0.15) is 0 Å².